The van der Waals surface area contributed by atoms with Crippen LogP contribution in [0.1, 0.15) is 51.4 Å². The number of ether oxygens (including phenoxy) is 1. The Labute approximate surface area is 98.6 Å². The summed E-state index contributed by atoms with van der Waals surface area (Å²) in [5.41, 5.74) is 0.275. The molecule has 1 unspecified atom stereocenters. The minimum Gasteiger partial charge on any atom is -0.396 e. The van der Waals surface area contributed by atoms with E-state index in [-0.39, 0.29) is 5.60 Å². The maximum Gasteiger partial charge on any atom is 0.0708 e. The number of unbranched alkanes of at least 4 members (excludes halogenated alkanes) is 1. The van der Waals surface area contributed by atoms with E-state index in [1.165, 1.54) is 38.5 Å². The summed E-state index contributed by atoms with van der Waals surface area (Å²) in [7, 11) is 0. The van der Waals surface area contributed by atoms with Crippen molar-refractivity contribution in [3.05, 3.63) is 0 Å². The van der Waals surface area contributed by atoms with Crippen LogP contribution in [-0.4, -0.2) is 36.5 Å². The lowest BCUT2D eigenvalue weighted by molar-refractivity contribution is -0.0350. The molecular weight excluding hydrogens is 202 g/mol. The topological polar surface area (TPSA) is 41.5 Å². The van der Waals surface area contributed by atoms with E-state index in [2.05, 4.69) is 5.32 Å². The van der Waals surface area contributed by atoms with Crippen LogP contribution in [0.2, 0.25) is 0 Å². The summed E-state index contributed by atoms with van der Waals surface area (Å²) in [5.74, 6) is 0. The first-order valence-electron chi connectivity index (χ1n) is 6.84. The molecule has 16 heavy (non-hydrogen) atoms. The third-order valence-electron chi connectivity index (χ3n) is 3.99. The molecule has 1 aliphatic carbocycles. The molecule has 1 spiro atoms. The van der Waals surface area contributed by atoms with E-state index in [0.29, 0.717) is 12.7 Å². The predicted molar refractivity (Wildman–Crippen MR) is 64.5 cm³/mol. The smallest absolute Gasteiger partial charge is 0.0708 e. The zero-order valence-corrected chi connectivity index (χ0v) is 10.2. The van der Waals surface area contributed by atoms with E-state index in [9.17, 15) is 0 Å². The monoisotopic (exact) mass is 227 g/mol. The molecule has 0 aromatic carbocycles. The van der Waals surface area contributed by atoms with Gasteiger partial charge in [0.2, 0.25) is 0 Å². The molecule has 0 radical (unpaired) electrons. The normalized spacial score (nSPS) is 27.9. The van der Waals surface area contributed by atoms with Crippen molar-refractivity contribution in [2.75, 3.05) is 19.7 Å². The maximum absolute atomic E-state index is 8.66. The number of nitrogens with one attached hydrogen (secondary N) is 1. The minimum atomic E-state index is 0.275. The molecule has 1 aliphatic heterocycles. The van der Waals surface area contributed by atoms with Gasteiger partial charge < -0.3 is 15.2 Å². The van der Waals surface area contributed by atoms with Crippen LogP contribution in [-0.2, 0) is 4.74 Å². The quantitative estimate of drug-likeness (QED) is 0.680. The summed E-state index contributed by atoms with van der Waals surface area (Å²) in [4.78, 5) is 0. The lowest BCUT2D eigenvalue weighted by Gasteiger charge is -2.23. The van der Waals surface area contributed by atoms with Gasteiger partial charge in [0.15, 0.2) is 0 Å². The van der Waals surface area contributed by atoms with Gasteiger partial charge in [-0.1, -0.05) is 12.8 Å². The number of hydrogen-bond donors (Lipinski definition) is 2. The van der Waals surface area contributed by atoms with E-state index in [4.69, 9.17) is 9.84 Å². The number of rotatable bonds is 6. The third kappa shape index (κ3) is 3.19. The molecule has 1 atom stereocenters. The first-order valence-corrected chi connectivity index (χ1v) is 6.84. The van der Waals surface area contributed by atoms with Gasteiger partial charge in [-0.05, 0) is 45.1 Å². The summed E-state index contributed by atoms with van der Waals surface area (Å²) in [6.07, 6.45) is 10.2. The Kier molecular flexibility index (Phi) is 4.62. The SMILES string of the molecule is OCCCCNCC1CCC2(CCCC2)O1. The second kappa shape index (κ2) is 5.99. The van der Waals surface area contributed by atoms with Gasteiger partial charge in [-0.25, -0.2) is 0 Å². The fourth-order valence-electron chi connectivity index (χ4n) is 3.05. The van der Waals surface area contributed by atoms with Crippen molar-refractivity contribution in [3.8, 4) is 0 Å². The molecule has 3 nitrogen and oxygen atoms in total. The second-order valence-corrected chi connectivity index (χ2v) is 5.30. The van der Waals surface area contributed by atoms with Crippen molar-refractivity contribution in [2.45, 2.75) is 63.1 Å². The molecule has 0 aromatic heterocycles. The highest BCUT2D eigenvalue weighted by atomic mass is 16.5. The molecule has 0 bridgehead atoms. The van der Waals surface area contributed by atoms with Gasteiger partial charge in [0.05, 0.1) is 11.7 Å². The van der Waals surface area contributed by atoms with Crippen LogP contribution in [0.5, 0.6) is 0 Å². The van der Waals surface area contributed by atoms with Gasteiger partial charge in [-0.3, -0.25) is 0 Å². The van der Waals surface area contributed by atoms with Crippen LogP contribution in [0.25, 0.3) is 0 Å². The van der Waals surface area contributed by atoms with Crippen LogP contribution in [0.3, 0.4) is 0 Å². The number of aliphatic hydroxyl groups excluding tert-OH is 1. The van der Waals surface area contributed by atoms with E-state index in [0.717, 1.165) is 25.9 Å². The molecule has 1 heterocycles. The summed E-state index contributed by atoms with van der Waals surface area (Å²) in [6, 6.07) is 0. The van der Waals surface area contributed by atoms with Crippen molar-refractivity contribution in [1.29, 1.82) is 0 Å². The zero-order valence-electron chi connectivity index (χ0n) is 10.2. The van der Waals surface area contributed by atoms with Crippen LogP contribution in [0.4, 0.5) is 0 Å². The lowest BCUT2D eigenvalue weighted by atomic mass is 9.98. The maximum atomic E-state index is 8.66. The van der Waals surface area contributed by atoms with E-state index in [1.54, 1.807) is 0 Å². The van der Waals surface area contributed by atoms with Gasteiger partial charge in [0, 0.05) is 13.2 Å². The average molecular weight is 227 g/mol. The minimum absolute atomic E-state index is 0.275. The molecule has 3 heteroatoms. The zero-order chi connectivity index (χ0) is 11.3. The van der Waals surface area contributed by atoms with Crippen LogP contribution >= 0.6 is 0 Å². The van der Waals surface area contributed by atoms with E-state index in [1.807, 2.05) is 0 Å². The van der Waals surface area contributed by atoms with Crippen molar-refractivity contribution in [2.24, 2.45) is 0 Å². The Balaban J connectivity index is 1.58. The van der Waals surface area contributed by atoms with Crippen molar-refractivity contribution < 1.29 is 9.84 Å². The standard InChI is InChI=1S/C13H25NO2/c15-10-4-3-9-14-11-12-5-8-13(16-12)6-1-2-7-13/h12,14-15H,1-11H2. The molecule has 1 saturated carbocycles. The molecule has 0 amide bonds. The first kappa shape index (κ1) is 12.3. The Bertz CT molecular complexity index is 202. The Morgan fingerprint density at radius 1 is 1.19 bits per heavy atom. The number of aliphatic hydroxyl groups is 1. The Morgan fingerprint density at radius 2 is 2.00 bits per heavy atom. The molecule has 94 valence electrons. The fraction of sp³-hybridized carbons (Fsp3) is 1.00. The van der Waals surface area contributed by atoms with Crippen LogP contribution < -0.4 is 5.32 Å². The molecule has 1 saturated heterocycles. The highest BCUT2D eigenvalue weighted by Gasteiger charge is 2.41. The number of hydrogen-bond acceptors (Lipinski definition) is 3. The van der Waals surface area contributed by atoms with Gasteiger partial charge in [0.1, 0.15) is 0 Å². The van der Waals surface area contributed by atoms with E-state index < -0.39 is 0 Å². The van der Waals surface area contributed by atoms with Crippen LogP contribution in [0, 0.1) is 0 Å². The van der Waals surface area contributed by atoms with Gasteiger partial charge >= 0.3 is 0 Å². The van der Waals surface area contributed by atoms with Crippen molar-refractivity contribution in [3.63, 3.8) is 0 Å². The Hall–Kier alpha value is -0.120. The van der Waals surface area contributed by atoms with Gasteiger partial charge in [-0.15, -0.1) is 0 Å². The highest BCUT2D eigenvalue weighted by Crippen LogP contribution is 2.43. The van der Waals surface area contributed by atoms with Crippen LogP contribution in [0.15, 0.2) is 0 Å². The summed E-state index contributed by atoms with van der Waals surface area (Å²) >= 11 is 0. The average Bonchev–Trinajstić information content (AvgIpc) is 2.90. The first-order chi connectivity index (χ1) is 7.85. The second-order valence-electron chi connectivity index (χ2n) is 5.30. The largest absolute Gasteiger partial charge is 0.396 e. The third-order valence-corrected chi connectivity index (χ3v) is 3.99. The summed E-state index contributed by atoms with van der Waals surface area (Å²) in [6.45, 7) is 2.31. The van der Waals surface area contributed by atoms with Crippen molar-refractivity contribution in [1.82, 2.24) is 5.32 Å². The molecule has 2 rings (SSSR count). The molecular formula is C13H25NO2. The van der Waals surface area contributed by atoms with E-state index >= 15 is 0 Å². The predicted octanol–water partition coefficient (Wildman–Crippen LogP) is 1.84. The Morgan fingerprint density at radius 3 is 2.75 bits per heavy atom. The van der Waals surface area contributed by atoms with Crippen molar-refractivity contribution >= 4 is 0 Å². The highest BCUT2D eigenvalue weighted by molar-refractivity contribution is 4.93. The van der Waals surface area contributed by atoms with Gasteiger partial charge in [0.25, 0.3) is 0 Å². The molecule has 0 aromatic rings. The fourth-order valence-corrected chi connectivity index (χ4v) is 3.05. The molecule has 2 fully saturated rings. The summed E-state index contributed by atoms with van der Waals surface area (Å²) < 4.78 is 6.20. The van der Waals surface area contributed by atoms with Gasteiger partial charge in [-0.2, -0.15) is 0 Å². The summed E-state index contributed by atoms with van der Waals surface area (Å²) in [5, 5.41) is 12.1. The molecule has 2 N–H and O–H groups in total. The lowest BCUT2D eigenvalue weighted by Crippen LogP contribution is -2.31. The molecule has 2 aliphatic rings.